The van der Waals surface area contributed by atoms with Crippen LogP contribution in [0.15, 0.2) is 42.5 Å². The molecule has 3 nitrogen and oxygen atoms in total. The number of hydrogen-bond donors (Lipinski definition) is 2. The van der Waals surface area contributed by atoms with Gasteiger partial charge in [-0.3, -0.25) is 0 Å². The SMILES string of the molecule is COc1ccc(Cl)cc1Nc1ccc(C(N)=S)cc1. The molecule has 2 aromatic carbocycles. The standard InChI is InChI=1S/C14H13ClN2OS/c1-18-13-7-4-10(15)8-12(13)17-11-5-2-9(3-6-11)14(16)19/h2-8,17H,1H3,(H2,16,19). The van der Waals surface area contributed by atoms with Crippen molar-refractivity contribution in [1.82, 2.24) is 0 Å². The van der Waals surface area contributed by atoms with Gasteiger partial charge in [0.25, 0.3) is 0 Å². The molecule has 19 heavy (non-hydrogen) atoms. The normalized spacial score (nSPS) is 10.0. The van der Waals surface area contributed by atoms with Gasteiger partial charge in [0, 0.05) is 16.3 Å². The molecule has 0 saturated heterocycles. The Labute approximate surface area is 122 Å². The van der Waals surface area contributed by atoms with Crippen LogP contribution in [0.2, 0.25) is 5.02 Å². The molecular weight excluding hydrogens is 280 g/mol. The number of halogens is 1. The van der Waals surface area contributed by atoms with E-state index in [1.54, 1.807) is 13.2 Å². The average Bonchev–Trinajstić information content (AvgIpc) is 2.39. The van der Waals surface area contributed by atoms with Gasteiger partial charge in [0.05, 0.1) is 12.8 Å². The molecule has 98 valence electrons. The number of nitrogens with two attached hydrogens (primary N) is 1. The Kier molecular flexibility index (Phi) is 4.24. The Hall–Kier alpha value is -1.78. The van der Waals surface area contributed by atoms with E-state index in [0.717, 1.165) is 22.7 Å². The molecule has 0 aliphatic carbocycles. The van der Waals surface area contributed by atoms with E-state index in [0.29, 0.717) is 10.0 Å². The van der Waals surface area contributed by atoms with Gasteiger partial charge in [-0.25, -0.2) is 0 Å². The van der Waals surface area contributed by atoms with Crippen LogP contribution in [0.4, 0.5) is 11.4 Å². The zero-order valence-electron chi connectivity index (χ0n) is 10.3. The molecule has 0 bridgehead atoms. The first kappa shape index (κ1) is 13.6. The van der Waals surface area contributed by atoms with Gasteiger partial charge >= 0.3 is 0 Å². The monoisotopic (exact) mass is 292 g/mol. The first-order valence-electron chi connectivity index (χ1n) is 5.60. The lowest BCUT2D eigenvalue weighted by Crippen LogP contribution is -2.08. The van der Waals surface area contributed by atoms with Crippen LogP contribution in [0.5, 0.6) is 5.75 Å². The Balaban J connectivity index is 2.25. The highest BCUT2D eigenvalue weighted by atomic mass is 35.5. The van der Waals surface area contributed by atoms with Crippen LogP contribution in [0, 0.1) is 0 Å². The molecule has 0 amide bonds. The highest BCUT2D eigenvalue weighted by Crippen LogP contribution is 2.30. The second-order valence-electron chi connectivity index (χ2n) is 3.91. The van der Waals surface area contributed by atoms with E-state index >= 15 is 0 Å². The third kappa shape index (κ3) is 3.36. The summed E-state index contributed by atoms with van der Waals surface area (Å²) in [4.78, 5) is 0.381. The number of anilines is 2. The van der Waals surface area contributed by atoms with E-state index in [1.807, 2.05) is 36.4 Å². The molecule has 0 radical (unpaired) electrons. The first-order valence-corrected chi connectivity index (χ1v) is 6.39. The zero-order valence-corrected chi connectivity index (χ0v) is 11.9. The molecule has 0 heterocycles. The molecule has 2 rings (SSSR count). The maximum atomic E-state index is 5.98. The average molecular weight is 293 g/mol. The minimum atomic E-state index is 0.381. The summed E-state index contributed by atoms with van der Waals surface area (Å²) in [6.45, 7) is 0. The Morgan fingerprint density at radius 1 is 1.21 bits per heavy atom. The van der Waals surface area contributed by atoms with Crippen molar-refractivity contribution in [3.05, 3.63) is 53.1 Å². The lowest BCUT2D eigenvalue weighted by atomic mass is 10.2. The smallest absolute Gasteiger partial charge is 0.142 e. The largest absolute Gasteiger partial charge is 0.495 e. The third-order valence-electron chi connectivity index (χ3n) is 2.61. The Morgan fingerprint density at radius 3 is 2.47 bits per heavy atom. The van der Waals surface area contributed by atoms with E-state index in [2.05, 4.69) is 5.32 Å². The van der Waals surface area contributed by atoms with Gasteiger partial charge in [-0.15, -0.1) is 0 Å². The molecule has 0 atom stereocenters. The van der Waals surface area contributed by atoms with Crippen LogP contribution in [-0.2, 0) is 0 Å². The molecule has 0 unspecified atom stereocenters. The molecule has 0 aromatic heterocycles. The summed E-state index contributed by atoms with van der Waals surface area (Å²) in [6, 6.07) is 12.9. The van der Waals surface area contributed by atoms with Crippen molar-refractivity contribution in [2.75, 3.05) is 12.4 Å². The van der Waals surface area contributed by atoms with Crippen molar-refractivity contribution in [3.8, 4) is 5.75 Å². The second kappa shape index (κ2) is 5.91. The summed E-state index contributed by atoms with van der Waals surface area (Å²) >= 11 is 10.9. The minimum absolute atomic E-state index is 0.381. The summed E-state index contributed by atoms with van der Waals surface area (Å²) in [5.74, 6) is 0.725. The number of benzene rings is 2. The van der Waals surface area contributed by atoms with E-state index in [-0.39, 0.29) is 0 Å². The highest BCUT2D eigenvalue weighted by Gasteiger charge is 2.04. The Bertz CT molecular complexity index is 599. The summed E-state index contributed by atoms with van der Waals surface area (Å²) in [5.41, 5.74) is 8.09. The van der Waals surface area contributed by atoms with Crippen LogP contribution in [0.3, 0.4) is 0 Å². The van der Waals surface area contributed by atoms with E-state index in [4.69, 9.17) is 34.3 Å². The predicted octanol–water partition coefficient (Wildman–Crippen LogP) is 3.73. The summed E-state index contributed by atoms with van der Waals surface area (Å²) < 4.78 is 5.27. The molecule has 0 aliphatic rings. The number of thiocarbonyl (C=S) groups is 1. The van der Waals surface area contributed by atoms with Crippen molar-refractivity contribution < 1.29 is 4.74 Å². The summed E-state index contributed by atoms with van der Waals surface area (Å²) in [7, 11) is 1.62. The fourth-order valence-corrected chi connectivity index (χ4v) is 1.96. The van der Waals surface area contributed by atoms with Crippen LogP contribution >= 0.6 is 23.8 Å². The highest BCUT2D eigenvalue weighted by molar-refractivity contribution is 7.80. The predicted molar refractivity (Wildman–Crippen MR) is 83.6 cm³/mol. The van der Waals surface area contributed by atoms with Crippen molar-refractivity contribution in [1.29, 1.82) is 0 Å². The summed E-state index contributed by atoms with van der Waals surface area (Å²) in [6.07, 6.45) is 0. The maximum absolute atomic E-state index is 5.98. The summed E-state index contributed by atoms with van der Waals surface area (Å²) in [5, 5.41) is 3.88. The van der Waals surface area contributed by atoms with E-state index in [1.165, 1.54) is 0 Å². The van der Waals surface area contributed by atoms with E-state index in [9.17, 15) is 0 Å². The van der Waals surface area contributed by atoms with Gasteiger partial charge in [0.1, 0.15) is 10.7 Å². The number of nitrogens with one attached hydrogen (secondary N) is 1. The quantitative estimate of drug-likeness (QED) is 0.843. The number of hydrogen-bond acceptors (Lipinski definition) is 3. The van der Waals surface area contributed by atoms with Crippen molar-refractivity contribution in [2.45, 2.75) is 0 Å². The fraction of sp³-hybridized carbons (Fsp3) is 0.0714. The van der Waals surface area contributed by atoms with Crippen LogP contribution in [0.1, 0.15) is 5.56 Å². The van der Waals surface area contributed by atoms with Crippen LogP contribution in [0.25, 0.3) is 0 Å². The molecule has 5 heteroatoms. The first-order chi connectivity index (χ1) is 9.10. The number of rotatable bonds is 4. The van der Waals surface area contributed by atoms with Gasteiger partial charge < -0.3 is 15.8 Å². The lowest BCUT2D eigenvalue weighted by Gasteiger charge is -2.12. The zero-order chi connectivity index (χ0) is 13.8. The molecule has 3 N–H and O–H groups in total. The molecule has 0 aliphatic heterocycles. The topological polar surface area (TPSA) is 47.3 Å². The van der Waals surface area contributed by atoms with Gasteiger partial charge in [-0.2, -0.15) is 0 Å². The molecule has 0 spiro atoms. The third-order valence-corrected chi connectivity index (χ3v) is 3.08. The lowest BCUT2D eigenvalue weighted by molar-refractivity contribution is 0.417. The van der Waals surface area contributed by atoms with Crippen molar-refractivity contribution in [3.63, 3.8) is 0 Å². The Morgan fingerprint density at radius 2 is 1.89 bits per heavy atom. The van der Waals surface area contributed by atoms with Gasteiger partial charge in [0.15, 0.2) is 0 Å². The molecule has 2 aromatic rings. The van der Waals surface area contributed by atoms with Crippen molar-refractivity contribution in [2.24, 2.45) is 5.73 Å². The van der Waals surface area contributed by atoms with Crippen LogP contribution in [-0.4, -0.2) is 12.1 Å². The second-order valence-corrected chi connectivity index (χ2v) is 4.79. The van der Waals surface area contributed by atoms with Crippen molar-refractivity contribution >= 4 is 40.2 Å². The molecule has 0 fully saturated rings. The van der Waals surface area contributed by atoms with E-state index < -0.39 is 0 Å². The van der Waals surface area contributed by atoms with Gasteiger partial charge in [0.2, 0.25) is 0 Å². The van der Waals surface area contributed by atoms with Crippen LogP contribution < -0.4 is 15.8 Å². The number of ether oxygens (including phenoxy) is 1. The maximum Gasteiger partial charge on any atom is 0.142 e. The fourth-order valence-electron chi connectivity index (χ4n) is 1.65. The van der Waals surface area contributed by atoms with Gasteiger partial charge in [-0.05, 0) is 42.5 Å². The minimum Gasteiger partial charge on any atom is -0.495 e. The molecule has 0 saturated carbocycles. The number of methoxy groups -OCH3 is 1. The molecular formula is C14H13ClN2OS. The van der Waals surface area contributed by atoms with Gasteiger partial charge in [-0.1, -0.05) is 23.8 Å².